The molecule has 31 heavy (non-hydrogen) atoms. The normalized spacial score (nSPS) is 11.1. The molecule has 0 saturated carbocycles. The summed E-state index contributed by atoms with van der Waals surface area (Å²) in [5.74, 6) is -0.128. The van der Waals surface area contributed by atoms with Gasteiger partial charge in [0.2, 0.25) is 0 Å². The van der Waals surface area contributed by atoms with Crippen molar-refractivity contribution in [3.05, 3.63) is 93.2 Å². The van der Waals surface area contributed by atoms with Crippen molar-refractivity contribution in [2.24, 2.45) is 0 Å². The highest BCUT2D eigenvalue weighted by Crippen LogP contribution is 2.10. The average Bonchev–Trinajstić information content (AvgIpc) is 3.14. The molecule has 0 bridgehead atoms. The Bertz CT molecular complexity index is 1280. The van der Waals surface area contributed by atoms with Gasteiger partial charge in [0.25, 0.3) is 11.5 Å². The van der Waals surface area contributed by atoms with E-state index >= 15 is 0 Å². The van der Waals surface area contributed by atoms with Crippen molar-refractivity contribution >= 4 is 16.9 Å². The van der Waals surface area contributed by atoms with Gasteiger partial charge in [-0.05, 0) is 38.5 Å². The molecule has 1 N–H and O–H groups in total. The highest BCUT2D eigenvalue weighted by Gasteiger charge is 2.11. The second-order valence-corrected chi connectivity index (χ2v) is 7.90. The quantitative estimate of drug-likeness (QED) is 0.525. The van der Waals surface area contributed by atoms with Crippen LogP contribution in [-0.4, -0.2) is 31.8 Å². The van der Waals surface area contributed by atoms with Gasteiger partial charge in [-0.25, -0.2) is 9.67 Å². The van der Waals surface area contributed by atoms with E-state index in [0.717, 1.165) is 16.7 Å². The summed E-state index contributed by atoms with van der Waals surface area (Å²) in [5, 5.41) is 7.68. The zero-order valence-corrected chi connectivity index (χ0v) is 17.9. The molecule has 0 aliphatic carbocycles. The zero-order chi connectivity index (χ0) is 22.0. The van der Waals surface area contributed by atoms with Gasteiger partial charge in [0, 0.05) is 12.1 Å². The van der Waals surface area contributed by atoms with Crippen molar-refractivity contribution in [1.29, 1.82) is 0 Å². The molecule has 7 heteroatoms. The first-order valence-electron chi connectivity index (χ1n) is 10.2. The van der Waals surface area contributed by atoms with Crippen LogP contribution in [0.25, 0.3) is 11.0 Å². The maximum absolute atomic E-state index is 12.8. The Morgan fingerprint density at radius 3 is 2.42 bits per heavy atom. The lowest BCUT2D eigenvalue weighted by molar-refractivity contribution is 0.0952. The molecule has 2 aromatic heterocycles. The van der Waals surface area contributed by atoms with E-state index in [1.54, 1.807) is 21.8 Å². The number of carbonyl (C=O) groups excluding carboxylic acids is 1. The number of fused-ring (bicyclic) bond motifs is 1. The highest BCUT2D eigenvalue weighted by molar-refractivity contribution is 5.94. The third-order valence-corrected chi connectivity index (χ3v) is 5.19. The molecule has 0 unspecified atom stereocenters. The minimum Gasteiger partial charge on any atom is -0.350 e. The Balaban J connectivity index is 1.45. The molecule has 0 saturated heterocycles. The van der Waals surface area contributed by atoms with Gasteiger partial charge in [0.05, 0.1) is 19.3 Å². The Morgan fingerprint density at radius 2 is 1.71 bits per heavy atom. The van der Waals surface area contributed by atoms with E-state index in [2.05, 4.69) is 15.4 Å². The number of rotatable bonds is 6. The number of aryl methyl sites for hydroxylation is 3. The number of nitrogens with zero attached hydrogens (tertiary/aromatic N) is 4. The summed E-state index contributed by atoms with van der Waals surface area (Å²) in [7, 11) is 0. The molecule has 0 spiro atoms. The van der Waals surface area contributed by atoms with Crippen LogP contribution in [-0.2, 0) is 13.1 Å². The molecule has 0 atom stereocenters. The van der Waals surface area contributed by atoms with Gasteiger partial charge in [-0.3, -0.25) is 14.2 Å². The molecule has 4 aromatic rings. The number of aromatic nitrogens is 4. The maximum Gasteiger partial charge on any atom is 0.264 e. The van der Waals surface area contributed by atoms with Crippen LogP contribution in [0.5, 0.6) is 0 Å². The predicted octanol–water partition coefficient (Wildman–Crippen LogP) is 3.00. The average molecular weight is 415 g/mol. The standard InChI is InChI=1S/C24H25N5O2/c1-16-4-6-19(7-5-16)14-28-15-26-22-21(24(28)31)13-27-29(22)9-8-25-23(30)20-11-17(2)10-18(3)12-20/h4-7,10-13,15H,8-9,14H2,1-3H3,(H,25,30). The summed E-state index contributed by atoms with van der Waals surface area (Å²) in [4.78, 5) is 29.7. The SMILES string of the molecule is Cc1ccc(Cn2cnc3c(cnn3CCNC(=O)c3cc(C)cc(C)c3)c2=O)cc1. The number of hydrogen-bond donors (Lipinski definition) is 1. The van der Waals surface area contributed by atoms with Gasteiger partial charge in [-0.1, -0.05) is 47.0 Å². The van der Waals surface area contributed by atoms with E-state index in [0.29, 0.717) is 36.2 Å². The Hall–Kier alpha value is -3.74. The van der Waals surface area contributed by atoms with Gasteiger partial charge < -0.3 is 5.32 Å². The summed E-state index contributed by atoms with van der Waals surface area (Å²) >= 11 is 0. The van der Waals surface area contributed by atoms with E-state index in [1.165, 1.54) is 5.56 Å². The summed E-state index contributed by atoms with van der Waals surface area (Å²) in [6, 6.07) is 13.8. The van der Waals surface area contributed by atoms with Gasteiger partial charge >= 0.3 is 0 Å². The van der Waals surface area contributed by atoms with Gasteiger partial charge in [-0.15, -0.1) is 0 Å². The van der Waals surface area contributed by atoms with E-state index in [9.17, 15) is 9.59 Å². The minimum absolute atomic E-state index is 0.128. The second-order valence-electron chi connectivity index (χ2n) is 7.90. The molecule has 1 amide bonds. The number of hydrogen-bond acceptors (Lipinski definition) is 4. The highest BCUT2D eigenvalue weighted by atomic mass is 16.1. The minimum atomic E-state index is -0.129. The molecular formula is C24H25N5O2. The van der Waals surface area contributed by atoms with Crippen LogP contribution in [0, 0.1) is 20.8 Å². The predicted molar refractivity (Wildman–Crippen MR) is 120 cm³/mol. The first-order valence-corrected chi connectivity index (χ1v) is 10.2. The van der Waals surface area contributed by atoms with Crippen molar-refractivity contribution in [2.75, 3.05) is 6.54 Å². The molecule has 0 aliphatic rings. The molecule has 4 rings (SSSR count). The molecule has 2 aromatic carbocycles. The van der Waals surface area contributed by atoms with Crippen LogP contribution in [0.4, 0.5) is 0 Å². The van der Waals surface area contributed by atoms with Crippen LogP contribution < -0.4 is 10.9 Å². The summed E-state index contributed by atoms with van der Waals surface area (Å²) in [6.45, 7) is 7.24. The third kappa shape index (κ3) is 4.55. The number of nitrogens with one attached hydrogen (secondary N) is 1. The third-order valence-electron chi connectivity index (χ3n) is 5.19. The van der Waals surface area contributed by atoms with Gasteiger partial charge in [0.1, 0.15) is 11.7 Å². The molecule has 0 aliphatic heterocycles. The van der Waals surface area contributed by atoms with E-state index < -0.39 is 0 Å². The van der Waals surface area contributed by atoms with Crippen LogP contribution in [0.1, 0.15) is 32.6 Å². The van der Waals surface area contributed by atoms with E-state index in [4.69, 9.17) is 0 Å². The summed E-state index contributed by atoms with van der Waals surface area (Å²) in [5.41, 5.74) is 5.34. The van der Waals surface area contributed by atoms with E-state index in [1.807, 2.05) is 63.2 Å². The van der Waals surface area contributed by atoms with Gasteiger partial charge in [0.15, 0.2) is 5.65 Å². The lowest BCUT2D eigenvalue weighted by Gasteiger charge is -2.09. The number of amides is 1. The first kappa shape index (κ1) is 20.5. The smallest absolute Gasteiger partial charge is 0.264 e. The molecule has 7 nitrogen and oxygen atoms in total. The van der Waals surface area contributed by atoms with Crippen molar-refractivity contribution in [2.45, 2.75) is 33.9 Å². The number of benzene rings is 2. The molecule has 2 heterocycles. The van der Waals surface area contributed by atoms with Crippen LogP contribution in [0.3, 0.4) is 0 Å². The van der Waals surface area contributed by atoms with Crippen LogP contribution in [0.15, 0.2) is 59.8 Å². The Labute approximate surface area is 180 Å². The summed E-state index contributed by atoms with van der Waals surface area (Å²) < 4.78 is 3.23. The van der Waals surface area contributed by atoms with Gasteiger partial charge in [-0.2, -0.15) is 5.10 Å². The molecule has 158 valence electrons. The van der Waals surface area contributed by atoms with Crippen LogP contribution >= 0.6 is 0 Å². The largest absolute Gasteiger partial charge is 0.350 e. The van der Waals surface area contributed by atoms with Crippen molar-refractivity contribution in [3.8, 4) is 0 Å². The van der Waals surface area contributed by atoms with E-state index in [-0.39, 0.29) is 11.5 Å². The maximum atomic E-state index is 12.8. The fraction of sp³-hybridized carbons (Fsp3) is 0.250. The number of carbonyl (C=O) groups is 1. The monoisotopic (exact) mass is 415 g/mol. The summed E-state index contributed by atoms with van der Waals surface area (Å²) in [6.07, 6.45) is 3.10. The Morgan fingerprint density at radius 1 is 1.00 bits per heavy atom. The molecule has 0 fully saturated rings. The lowest BCUT2D eigenvalue weighted by atomic mass is 10.1. The zero-order valence-electron chi connectivity index (χ0n) is 17.9. The fourth-order valence-electron chi connectivity index (χ4n) is 3.65. The lowest BCUT2D eigenvalue weighted by Crippen LogP contribution is -2.28. The second kappa shape index (κ2) is 8.55. The Kier molecular flexibility index (Phi) is 5.66. The molecular weight excluding hydrogens is 390 g/mol. The van der Waals surface area contributed by atoms with Crippen molar-refractivity contribution < 1.29 is 4.79 Å². The topological polar surface area (TPSA) is 81.8 Å². The van der Waals surface area contributed by atoms with Crippen LogP contribution in [0.2, 0.25) is 0 Å². The first-order chi connectivity index (χ1) is 14.9. The fourth-order valence-corrected chi connectivity index (χ4v) is 3.65. The van der Waals surface area contributed by atoms with Crippen molar-refractivity contribution in [1.82, 2.24) is 24.6 Å². The van der Waals surface area contributed by atoms with Crippen molar-refractivity contribution in [3.63, 3.8) is 0 Å². The molecule has 0 radical (unpaired) electrons.